The molecule has 1 aromatic heterocycles. The van der Waals surface area contributed by atoms with Gasteiger partial charge in [-0.2, -0.15) is 0 Å². The molecule has 98 valence electrons. The second kappa shape index (κ2) is 5.21. The van der Waals surface area contributed by atoms with Gasteiger partial charge in [0.1, 0.15) is 5.76 Å². The predicted octanol–water partition coefficient (Wildman–Crippen LogP) is 4.04. The maximum Gasteiger partial charge on any atom is 0.224 e. The Bertz CT molecular complexity index is 592. The minimum Gasteiger partial charge on any atom is -0.468 e. The molecule has 0 radical (unpaired) electrons. The summed E-state index contributed by atoms with van der Waals surface area (Å²) in [5.74, 6) is 0.991. The van der Waals surface area contributed by atoms with E-state index in [2.05, 4.69) is 27.3 Å². The van der Waals surface area contributed by atoms with E-state index >= 15 is 0 Å². The number of amides is 1. The number of halogens is 1. The first-order valence-electron chi connectivity index (χ1n) is 6.34. The molecule has 0 fully saturated rings. The van der Waals surface area contributed by atoms with Gasteiger partial charge in [-0.1, -0.05) is 28.1 Å². The number of nitrogens with one attached hydrogen (secondary N) is 1. The SMILES string of the molecule is O=C1CCCc2cc(C(Br)c3ccco3)ccc2N1. The first-order chi connectivity index (χ1) is 9.24. The van der Waals surface area contributed by atoms with Crippen LogP contribution in [0.25, 0.3) is 0 Å². The summed E-state index contributed by atoms with van der Waals surface area (Å²) >= 11 is 3.65. The Kier molecular flexibility index (Phi) is 3.42. The van der Waals surface area contributed by atoms with Gasteiger partial charge in [0.15, 0.2) is 0 Å². The number of alkyl halides is 1. The molecule has 3 rings (SSSR count). The van der Waals surface area contributed by atoms with Gasteiger partial charge in [0, 0.05) is 12.1 Å². The van der Waals surface area contributed by atoms with Gasteiger partial charge < -0.3 is 9.73 Å². The number of fused-ring (bicyclic) bond motifs is 1. The van der Waals surface area contributed by atoms with E-state index in [1.54, 1.807) is 6.26 Å². The zero-order valence-corrected chi connectivity index (χ0v) is 11.9. The van der Waals surface area contributed by atoms with Crippen LogP contribution < -0.4 is 5.32 Å². The van der Waals surface area contributed by atoms with Gasteiger partial charge in [0.2, 0.25) is 5.91 Å². The Hall–Kier alpha value is -1.55. The zero-order valence-electron chi connectivity index (χ0n) is 10.4. The van der Waals surface area contributed by atoms with E-state index in [0.29, 0.717) is 6.42 Å². The molecule has 2 aromatic rings. The third-order valence-corrected chi connectivity index (χ3v) is 4.32. The standard InChI is InChI=1S/C15H14BrNO2/c16-15(13-4-2-8-19-13)11-6-7-12-10(9-11)3-1-5-14(18)17-12/h2,4,6-9,15H,1,3,5H2,(H,17,18). The van der Waals surface area contributed by atoms with Crippen molar-refractivity contribution in [3.8, 4) is 0 Å². The van der Waals surface area contributed by atoms with Gasteiger partial charge in [0.25, 0.3) is 0 Å². The molecule has 1 atom stereocenters. The Balaban J connectivity index is 1.93. The Morgan fingerprint density at radius 3 is 2.95 bits per heavy atom. The van der Waals surface area contributed by atoms with Crippen LogP contribution in [0.3, 0.4) is 0 Å². The molecule has 0 bridgehead atoms. The quantitative estimate of drug-likeness (QED) is 0.849. The van der Waals surface area contributed by atoms with Crippen LogP contribution in [0.1, 0.15) is 34.6 Å². The maximum atomic E-state index is 11.5. The molecule has 0 aliphatic carbocycles. The van der Waals surface area contributed by atoms with Crippen molar-refractivity contribution >= 4 is 27.5 Å². The third kappa shape index (κ3) is 2.59. The van der Waals surface area contributed by atoms with Crippen LogP contribution >= 0.6 is 15.9 Å². The first-order valence-corrected chi connectivity index (χ1v) is 7.26. The number of furan rings is 1. The number of benzene rings is 1. The molecule has 1 aromatic carbocycles. The van der Waals surface area contributed by atoms with Crippen molar-refractivity contribution in [3.63, 3.8) is 0 Å². The number of rotatable bonds is 2. The number of anilines is 1. The van der Waals surface area contributed by atoms with Gasteiger partial charge in [-0.3, -0.25) is 4.79 Å². The van der Waals surface area contributed by atoms with E-state index in [4.69, 9.17) is 4.42 Å². The maximum absolute atomic E-state index is 11.5. The topological polar surface area (TPSA) is 42.2 Å². The Morgan fingerprint density at radius 2 is 2.16 bits per heavy atom. The average Bonchev–Trinajstić information content (AvgIpc) is 2.87. The smallest absolute Gasteiger partial charge is 0.224 e. The minimum absolute atomic E-state index is 0.0479. The fourth-order valence-electron chi connectivity index (χ4n) is 2.35. The van der Waals surface area contributed by atoms with Crippen molar-refractivity contribution in [2.75, 3.05) is 5.32 Å². The third-order valence-electron chi connectivity index (χ3n) is 3.34. The summed E-state index contributed by atoms with van der Waals surface area (Å²) in [6, 6.07) is 9.97. The lowest BCUT2D eigenvalue weighted by atomic mass is 10.0. The largest absolute Gasteiger partial charge is 0.468 e. The van der Waals surface area contributed by atoms with Crippen LogP contribution in [0.15, 0.2) is 41.0 Å². The van der Waals surface area contributed by atoms with Crippen LogP contribution in [0.2, 0.25) is 0 Å². The van der Waals surface area contributed by atoms with Crippen molar-refractivity contribution in [3.05, 3.63) is 53.5 Å². The van der Waals surface area contributed by atoms with E-state index in [1.165, 1.54) is 5.56 Å². The van der Waals surface area contributed by atoms with Crippen molar-refractivity contribution in [2.45, 2.75) is 24.1 Å². The molecule has 3 nitrogen and oxygen atoms in total. The number of aryl methyl sites for hydroxylation is 1. The fraction of sp³-hybridized carbons (Fsp3) is 0.267. The lowest BCUT2D eigenvalue weighted by molar-refractivity contribution is -0.116. The summed E-state index contributed by atoms with van der Waals surface area (Å²) in [5, 5.41) is 2.95. The predicted molar refractivity (Wildman–Crippen MR) is 77.5 cm³/mol. The lowest BCUT2D eigenvalue weighted by Crippen LogP contribution is -2.09. The van der Waals surface area contributed by atoms with E-state index in [0.717, 1.165) is 29.9 Å². The Morgan fingerprint density at radius 1 is 1.26 bits per heavy atom. The average molecular weight is 320 g/mol. The van der Waals surface area contributed by atoms with E-state index in [-0.39, 0.29) is 10.7 Å². The van der Waals surface area contributed by atoms with Crippen molar-refractivity contribution < 1.29 is 9.21 Å². The van der Waals surface area contributed by atoms with Crippen molar-refractivity contribution in [1.82, 2.24) is 0 Å². The summed E-state index contributed by atoms with van der Waals surface area (Å²) in [5.41, 5.74) is 3.27. The van der Waals surface area contributed by atoms with Crippen molar-refractivity contribution in [1.29, 1.82) is 0 Å². The first kappa shape index (κ1) is 12.5. The highest BCUT2D eigenvalue weighted by Crippen LogP contribution is 2.34. The van der Waals surface area contributed by atoms with Crippen LogP contribution in [0.4, 0.5) is 5.69 Å². The molecule has 1 aliphatic heterocycles. The van der Waals surface area contributed by atoms with Gasteiger partial charge in [-0.25, -0.2) is 0 Å². The fourth-order valence-corrected chi connectivity index (χ4v) is 2.90. The highest BCUT2D eigenvalue weighted by atomic mass is 79.9. The molecule has 2 heterocycles. The van der Waals surface area contributed by atoms with Gasteiger partial charge >= 0.3 is 0 Å². The number of hydrogen-bond donors (Lipinski definition) is 1. The van der Waals surface area contributed by atoms with Gasteiger partial charge in [-0.05, 0) is 42.2 Å². The van der Waals surface area contributed by atoms with Gasteiger partial charge in [-0.15, -0.1) is 0 Å². The number of carbonyl (C=O) groups excluding carboxylic acids is 1. The monoisotopic (exact) mass is 319 g/mol. The second-order valence-corrected chi connectivity index (χ2v) is 5.61. The molecule has 19 heavy (non-hydrogen) atoms. The van der Waals surface area contributed by atoms with Crippen LogP contribution in [0.5, 0.6) is 0 Å². The molecule has 4 heteroatoms. The normalized spacial score (nSPS) is 16.4. The summed E-state index contributed by atoms with van der Waals surface area (Å²) in [4.78, 5) is 11.6. The van der Waals surface area contributed by atoms with Crippen LogP contribution in [-0.4, -0.2) is 5.91 Å². The summed E-state index contributed by atoms with van der Waals surface area (Å²) in [7, 11) is 0. The highest BCUT2D eigenvalue weighted by molar-refractivity contribution is 9.09. The molecule has 0 saturated carbocycles. The van der Waals surface area contributed by atoms with Crippen LogP contribution in [0, 0.1) is 0 Å². The molecule has 1 N–H and O–H groups in total. The second-order valence-electron chi connectivity index (χ2n) is 4.70. The molecule has 1 unspecified atom stereocenters. The van der Waals surface area contributed by atoms with Gasteiger partial charge in [0.05, 0.1) is 11.1 Å². The minimum atomic E-state index is 0.0479. The summed E-state index contributed by atoms with van der Waals surface area (Å²) in [6.07, 6.45) is 4.10. The lowest BCUT2D eigenvalue weighted by Gasteiger charge is -2.12. The molecule has 1 amide bonds. The van der Waals surface area contributed by atoms with E-state index in [1.807, 2.05) is 24.3 Å². The zero-order chi connectivity index (χ0) is 13.2. The highest BCUT2D eigenvalue weighted by Gasteiger charge is 2.17. The van der Waals surface area contributed by atoms with E-state index in [9.17, 15) is 4.79 Å². The number of carbonyl (C=O) groups is 1. The van der Waals surface area contributed by atoms with Crippen molar-refractivity contribution in [2.24, 2.45) is 0 Å². The van der Waals surface area contributed by atoms with E-state index < -0.39 is 0 Å². The summed E-state index contributed by atoms with van der Waals surface area (Å²) in [6.45, 7) is 0. The summed E-state index contributed by atoms with van der Waals surface area (Å²) < 4.78 is 5.42. The molecular weight excluding hydrogens is 306 g/mol. The Labute approximate surface area is 120 Å². The molecule has 1 aliphatic rings. The van der Waals surface area contributed by atoms with Crippen LogP contribution in [-0.2, 0) is 11.2 Å². The molecule has 0 spiro atoms. The molecule has 0 saturated heterocycles. The molecular formula is C15H14BrNO2. The number of hydrogen-bond acceptors (Lipinski definition) is 2.